The maximum atomic E-state index is 14.3. The van der Waals surface area contributed by atoms with Crippen LogP contribution in [-0.2, 0) is 6.54 Å². The van der Waals surface area contributed by atoms with Crippen LogP contribution in [0.5, 0.6) is 5.75 Å². The van der Waals surface area contributed by atoms with Crippen molar-refractivity contribution < 1.29 is 23.4 Å². The second-order valence-electron chi connectivity index (χ2n) is 8.84. The first-order valence-corrected chi connectivity index (χ1v) is 11.9. The molecule has 0 saturated heterocycles. The van der Waals surface area contributed by atoms with E-state index in [1.807, 2.05) is 0 Å². The predicted octanol–water partition coefficient (Wildman–Crippen LogP) is 6.95. The Morgan fingerprint density at radius 3 is 2.60 bits per heavy atom. The molecule has 0 amide bonds. The van der Waals surface area contributed by atoms with Gasteiger partial charge in [0.1, 0.15) is 11.6 Å². The van der Waals surface area contributed by atoms with E-state index in [4.69, 9.17) is 16.3 Å². The Balaban J connectivity index is 1.65. The quantitative estimate of drug-likeness (QED) is 0.300. The van der Waals surface area contributed by atoms with Crippen molar-refractivity contribution in [3.63, 3.8) is 0 Å². The molecule has 35 heavy (non-hydrogen) atoms. The van der Waals surface area contributed by atoms with E-state index in [1.54, 1.807) is 41.0 Å². The highest BCUT2D eigenvalue weighted by Gasteiger charge is 2.22. The second-order valence-corrected chi connectivity index (χ2v) is 9.28. The summed E-state index contributed by atoms with van der Waals surface area (Å²) in [6.45, 7) is 0.628. The molecule has 0 unspecified atom stereocenters. The Labute approximate surface area is 205 Å². The molecule has 1 aliphatic carbocycles. The van der Waals surface area contributed by atoms with Gasteiger partial charge in [-0.1, -0.05) is 42.6 Å². The molecule has 0 radical (unpaired) electrons. The number of hydrogen-bond donors (Lipinski definition) is 1. The van der Waals surface area contributed by atoms with Gasteiger partial charge in [-0.3, -0.25) is 0 Å². The molecule has 180 valence electrons. The van der Waals surface area contributed by atoms with Gasteiger partial charge in [-0.2, -0.15) is 0 Å². The van der Waals surface area contributed by atoms with E-state index < -0.39 is 17.6 Å². The summed E-state index contributed by atoms with van der Waals surface area (Å²) in [5.41, 5.74) is 1.83. The summed E-state index contributed by atoms with van der Waals surface area (Å²) in [6, 6.07) is 13.9. The number of aromatic carboxylic acids is 1. The lowest BCUT2D eigenvalue weighted by Gasteiger charge is -2.17. The molecular weight excluding hydrogens is 474 g/mol. The van der Waals surface area contributed by atoms with Crippen molar-refractivity contribution in [3.8, 4) is 17.1 Å². The van der Waals surface area contributed by atoms with Gasteiger partial charge in [0, 0.05) is 17.2 Å². The monoisotopic (exact) mass is 496 g/mol. The van der Waals surface area contributed by atoms with Gasteiger partial charge >= 0.3 is 5.97 Å². The minimum atomic E-state index is -1.07. The Kier molecular flexibility index (Phi) is 6.43. The first kappa shape index (κ1) is 23.3. The fourth-order valence-electron chi connectivity index (χ4n) is 4.71. The van der Waals surface area contributed by atoms with Gasteiger partial charge in [-0.15, -0.1) is 0 Å². The lowest BCUT2D eigenvalue weighted by atomic mass is 10.1. The number of carboxylic acids is 1. The van der Waals surface area contributed by atoms with Crippen LogP contribution >= 0.6 is 11.6 Å². The molecule has 0 aliphatic heterocycles. The van der Waals surface area contributed by atoms with Crippen LogP contribution < -0.4 is 4.74 Å². The predicted molar refractivity (Wildman–Crippen MR) is 130 cm³/mol. The number of halogens is 3. The first-order chi connectivity index (χ1) is 16.9. The number of aromatic nitrogens is 2. The topological polar surface area (TPSA) is 64.3 Å². The molecule has 0 atom stereocenters. The molecule has 4 aromatic rings. The van der Waals surface area contributed by atoms with Crippen LogP contribution in [0.1, 0.15) is 41.6 Å². The maximum Gasteiger partial charge on any atom is 0.336 e. The highest BCUT2D eigenvalue weighted by atomic mass is 35.5. The standard InChI is InChI=1S/C27H23ClF2N2O3/c28-18-9-10-20(25(11-18)35-15-16-5-1-2-6-16)26-31-23-12-21(29)22(30)13-24(23)32(26)14-17-7-3-4-8-19(17)27(33)34/h3-4,7-13,16H,1-2,5-6,14-15H2,(H,33,34). The summed E-state index contributed by atoms with van der Waals surface area (Å²) < 4.78 is 36.2. The molecule has 1 aromatic heterocycles. The molecule has 5 nitrogen and oxygen atoms in total. The molecule has 1 saturated carbocycles. The van der Waals surface area contributed by atoms with Crippen LogP contribution in [0.3, 0.4) is 0 Å². The highest BCUT2D eigenvalue weighted by molar-refractivity contribution is 6.30. The molecule has 0 bridgehead atoms. The number of benzene rings is 3. The summed E-state index contributed by atoms with van der Waals surface area (Å²) in [6.07, 6.45) is 4.59. The average molecular weight is 497 g/mol. The van der Waals surface area contributed by atoms with Crippen molar-refractivity contribution in [3.05, 3.63) is 82.4 Å². The van der Waals surface area contributed by atoms with Crippen LogP contribution in [0.2, 0.25) is 5.02 Å². The van der Waals surface area contributed by atoms with Crippen molar-refractivity contribution in [2.24, 2.45) is 5.92 Å². The summed E-state index contributed by atoms with van der Waals surface area (Å²) in [4.78, 5) is 16.4. The van der Waals surface area contributed by atoms with E-state index in [0.717, 1.165) is 25.0 Å². The van der Waals surface area contributed by atoms with E-state index >= 15 is 0 Å². The van der Waals surface area contributed by atoms with Gasteiger partial charge in [0.05, 0.1) is 35.3 Å². The summed E-state index contributed by atoms with van der Waals surface area (Å²) in [7, 11) is 0. The molecule has 1 aliphatic rings. The number of carboxylic acid groups (broad SMARTS) is 1. The fraction of sp³-hybridized carbons (Fsp3) is 0.259. The normalized spacial score (nSPS) is 14.0. The Bertz CT molecular complexity index is 1410. The molecular formula is C27H23ClF2N2O3. The van der Waals surface area contributed by atoms with Crippen molar-refractivity contribution in [1.29, 1.82) is 0 Å². The zero-order chi connectivity index (χ0) is 24.5. The van der Waals surface area contributed by atoms with Gasteiger partial charge in [0.15, 0.2) is 11.6 Å². The van der Waals surface area contributed by atoms with E-state index in [1.165, 1.54) is 18.9 Å². The highest BCUT2D eigenvalue weighted by Crippen LogP contribution is 2.36. The van der Waals surface area contributed by atoms with Crippen molar-refractivity contribution >= 4 is 28.6 Å². The molecule has 1 heterocycles. The maximum absolute atomic E-state index is 14.3. The third kappa shape index (κ3) is 4.73. The lowest BCUT2D eigenvalue weighted by Crippen LogP contribution is -2.11. The van der Waals surface area contributed by atoms with Crippen LogP contribution in [0.25, 0.3) is 22.4 Å². The molecule has 8 heteroatoms. The zero-order valence-electron chi connectivity index (χ0n) is 18.8. The van der Waals surface area contributed by atoms with Crippen LogP contribution in [0, 0.1) is 17.6 Å². The lowest BCUT2D eigenvalue weighted by molar-refractivity contribution is 0.0695. The number of nitrogens with zero attached hydrogens (tertiary/aromatic N) is 2. The largest absolute Gasteiger partial charge is 0.492 e. The van der Waals surface area contributed by atoms with Gasteiger partial charge in [-0.05, 0) is 48.6 Å². The zero-order valence-corrected chi connectivity index (χ0v) is 19.6. The molecule has 3 aromatic carbocycles. The Morgan fingerprint density at radius 1 is 1.09 bits per heavy atom. The van der Waals surface area contributed by atoms with Crippen molar-refractivity contribution in [2.45, 2.75) is 32.2 Å². The summed E-state index contributed by atoms with van der Waals surface area (Å²) in [5.74, 6) is -1.70. The van der Waals surface area contributed by atoms with Crippen molar-refractivity contribution in [2.75, 3.05) is 6.61 Å². The van der Waals surface area contributed by atoms with E-state index in [2.05, 4.69) is 4.98 Å². The van der Waals surface area contributed by atoms with Crippen LogP contribution in [0.4, 0.5) is 8.78 Å². The van der Waals surface area contributed by atoms with E-state index in [9.17, 15) is 18.7 Å². The molecule has 5 rings (SSSR count). The Hall–Kier alpha value is -3.45. The number of imidazole rings is 1. The van der Waals surface area contributed by atoms with Gasteiger partial charge in [-0.25, -0.2) is 18.6 Å². The smallest absolute Gasteiger partial charge is 0.336 e. The number of carbonyl (C=O) groups is 1. The minimum absolute atomic E-state index is 0.0874. The Morgan fingerprint density at radius 2 is 1.83 bits per heavy atom. The fourth-order valence-corrected chi connectivity index (χ4v) is 4.87. The first-order valence-electron chi connectivity index (χ1n) is 11.5. The van der Waals surface area contributed by atoms with E-state index in [0.29, 0.717) is 45.8 Å². The summed E-state index contributed by atoms with van der Waals surface area (Å²) in [5, 5.41) is 10.1. The van der Waals surface area contributed by atoms with Gasteiger partial charge < -0.3 is 14.4 Å². The van der Waals surface area contributed by atoms with Crippen molar-refractivity contribution in [1.82, 2.24) is 9.55 Å². The SMILES string of the molecule is O=C(O)c1ccccc1Cn1c(-c2ccc(Cl)cc2OCC2CCCC2)nc2cc(F)c(F)cc21. The van der Waals surface area contributed by atoms with Crippen LogP contribution in [0.15, 0.2) is 54.6 Å². The van der Waals surface area contributed by atoms with Crippen LogP contribution in [-0.4, -0.2) is 27.2 Å². The number of fused-ring (bicyclic) bond motifs is 1. The van der Waals surface area contributed by atoms with Gasteiger partial charge in [0.25, 0.3) is 0 Å². The van der Waals surface area contributed by atoms with Gasteiger partial charge in [0.2, 0.25) is 0 Å². The number of rotatable bonds is 7. The summed E-state index contributed by atoms with van der Waals surface area (Å²) >= 11 is 6.27. The third-order valence-corrected chi connectivity index (χ3v) is 6.74. The number of hydrogen-bond acceptors (Lipinski definition) is 3. The third-order valence-electron chi connectivity index (χ3n) is 6.50. The minimum Gasteiger partial charge on any atom is -0.492 e. The molecule has 1 fully saturated rings. The number of ether oxygens (including phenoxy) is 1. The average Bonchev–Trinajstić information content (AvgIpc) is 3.47. The molecule has 1 N–H and O–H groups in total. The molecule has 0 spiro atoms. The van der Waals surface area contributed by atoms with E-state index in [-0.39, 0.29) is 17.6 Å². The second kappa shape index (κ2) is 9.66.